The molecule has 0 saturated heterocycles. The molecule has 0 saturated carbocycles. The first-order valence-electron chi connectivity index (χ1n) is 7.98. The summed E-state index contributed by atoms with van der Waals surface area (Å²) in [5.74, 6) is 0.554. The second-order valence-electron chi connectivity index (χ2n) is 6.18. The summed E-state index contributed by atoms with van der Waals surface area (Å²) in [4.78, 5) is 21.4. The molecule has 1 atom stereocenters. The third-order valence-corrected chi connectivity index (χ3v) is 4.42. The molecule has 6 heteroatoms. The number of fused-ring (bicyclic) bond motifs is 2. The Bertz CT molecular complexity index is 929. The van der Waals surface area contributed by atoms with Crippen LogP contribution in [0.2, 0.25) is 0 Å². The largest absolute Gasteiger partial charge is 0.347 e. The molecule has 1 amide bonds. The summed E-state index contributed by atoms with van der Waals surface area (Å²) in [6.45, 7) is 2.53. The SMILES string of the molecule is Cc1cc(C(=O)N[C@H]2CCc3nccn3C2)c2ccc(F)cc2n1. The van der Waals surface area contributed by atoms with Crippen molar-refractivity contribution in [3.8, 4) is 0 Å². The van der Waals surface area contributed by atoms with Crippen molar-refractivity contribution in [2.24, 2.45) is 0 Å². The number of benzene rings is 1. The Kier molecular flexibility index (Phi) is 3.52. The zero-order valence-corrected chi connectivity index (χ0v) is 13.3. The molecule has 1 aliphatic heterocycles. The Morgan fingerprint density at radius 1 is 1.38 bits per heavy atom. The number of halogens is 1. The number of carbonyl (C=O) groups is 1. The van der Waals surface area contributed by atoms with Gasteiger partial charge in [0, 0.05) is 48.5 Å². The molecular formula is C18H17FN4O. The fraction of sp³-hybridized carbons (Fsp3) is 0.278. The van der Waals surface area contributed by atoms with E-state index < -0.39 is 0 Å². The normalized spacial score (nSPS) is 16.8. The van der Waals surface area contributed by atoms with Gasteiger partial charge in [0.1, 0.15) is 11.6 Å². The van der Waals surface area contributed by atoms with Crippen molar-refractivity contribution in [1.82, 2.24) is 19.9 Å². The van der Waals surface area contributed by atoms with Crippen LogP contribution in [0.25, 0.3) is 10.9 Å². The quantitative estimate of drug-likeness (QED) is 0.788. The molecule has 4 rings (SSSR count). The lowest BCUT2D eigenvalue weighted by Crippen LogP contribution is -2.41. The van der Waals surface area contributed by atoms with Gasteiger partial charge >= 0.3 is 0 Å². The van der Waals surface area contributed by atoms with Crippen molar-refractivity contribution in [3.63, 3.8) is 0 Å². The fourth-order valence-electron chi connectivity index (χ4n) is 3.27. The van der Waals surface area contributed by atoms with Gasteiger partial charge in [-0.25, -0.2) is 9.37 Å². The minimum Gasteiger partial charge on any atom is -0.347 e. The molecule has 0 unspecified atom stereocenters. The van der Waals surface area contributed by atoms with E-state index in [9.17, 15) is 9.18 Å². The molecule has 3 heterocycles. The molecule has 122 valence electrons. The zero-order chi connectivity index (χ0) is 16.7. The van der Waals surface area contributed by atoms with Crippen LogP contribution in [0.1, 0.15) is 28.3 Å². The van der Waals surface area contributed by atoms with Gasteiger partial charge < -0.3 is 9.88 Å². The van der Waals surface area contributed by atoms with Gasteiger partial charge in [-0.3, -0.25) is 9.78 Å². The van der Waals surface area contributed by atoms with Gasteiger partial charge in [0.25, 0.3) is 5.91 Å². The number of nitrogens with one attached hydrogen (secondary N) is 1. The van der Waals surface area contributed by atoms with Crippen molar-refractivity contribution < 1.29 is 9.18 Å². The highest BCUT2D eigenvalue weighted by atomic mass is 19.1. The highest BCUT2D eigenvalue weighted by Gasteiger charge is 2.22. The number of hydrogen-bond donors (Lipinski definition) is 1. The number of aryl methyl sites for hydroxylation is 2. The third kappa shape index (κ3) is 2.64. The monoisotopic (exact) mass is 324 g/mol. The summed E-state index contributed by atoms with van der Waals surface area (Å²) in [6, 6.07) is 6.14. The molecular weight excluding hydrogens is 307 g/mol. The maximum atomic E-state index is 13.4. The smallest absolute Gasteiger partial charge is 0.252 e. The number of pyridine rings is 1. The fourth-order valence-corrected chi connectivity index (χ4v) is 3.27. The first kappa shape index (κ1) is 14.8. The number of carbonyl (C=O) groups excluding carboxylic acids is 1. The van der Waals surface area contributed by atoms with Crippen LogP contribution in [-0.2, 0) is 13.0 Å². The summed E-state index contributed by atoms with van der Waals surface area (Å²) >= 11 is 0. The van der Waals surface area contributed by atoms with Gasteiger partial charge in [-0.2, -0.15) is 0 Å². The maximum absolute atomic E-state index is 13.4. The average molecular weight is 324 g/mol. The van der Waals surface area contributed by atoms with Crippen LogP contribution in [0.15, 0.2) is 36.7 Å². The van der Waals surface area contributed by atoms with Crippen LogP contribution in [0.3, 0.4) is 0 Å². The van der Waals surface area contributed by atoms with E-state index in [-0.39, 0.29) is 17.8 Å². The van der Waals surface area contributed by atoms with E-state index in [2.05, 4.69) is 19.9 Å². The van der Waals surface area contributed by atoms with Crippen molar-refractivity contribution in [3.05, 3.63) is 59.6 Å². The molecule has 1 aromatic carbocycles. The van der Waals surface area contributed by atoms with Crippen molar-refractivity contribution in [2.45, 2.75) is 32.4 Å². The van der Waals surface area contributed by atoms with Crippen LogP contribution in [0, 0.1) is 12.7 Å². The summed E-state index contributed by atoms with van der Waals surface area (Å²) in [7, 11) is 0. The summed E-state index contributed by atoms with van der Waals surface area (Å²) in [5.41, 5.74) is 1.73. The van der Waals surface area contributed by atoms with Crippen LogP contribution in [0.4, 0.5) is 4.39 Å². The maximum Gasteiger partial charge on any atom is 0.252 e. The lowest BCUT2D eigenvalue weighted by atomic mass is 10.0. The number of rotatable bonds is 2. The second kappa shape index (κ2) is 5.70. The van der Waals surface area contributed by atoms with Crippen LogP contribution in [0.5, 0.6) is 0 Å². The Morgan fingerprint density at radius 2 is 2.25 bits per heavy atom. The van der Waals surface area contributed by atoms with Gasteiger partial charge in [0.2, 0.25) is 0 Å². The molecule has 1 aliphatic rings. The van der Waals surface area contributed by atoms with Gasteiger partial charge in [-0.1, -0.05) is 0 Å². The molecule has 5 nitrogen and oxygen atoms in total. The molecule has 24 heavy (non-hydrogen) atoms. The summed E-state index contributed by atoms with van der Waals surface area (Å²) in [6.07, 6.45) is 5.43. The Morgan fingerprint density at radius 3 is 3.12 bits per heavy atom. The van der Waals surface area contributed by atoms with Gasteiger partial charge in [0.05, 0.1) is 11.1 Å². The predicted octanol–water partition coefficient (Wildman–Crippen LogP) is 2.62. The molecule has 0 bridgehead atoms. The molecule has 0 spiro atoms. The third-order valence-electron chi connectivity index (χ3n) is 4.42. The minimum atomic E-state index is -0.355. The van der Waals surface area contributed by atoms with Crippen LogP contribution < -0.4 is 5.32 Å². The number of imidazole rings is 1. The molecule has 1 N–H and O–H groups in total. The van der Waals surface area contributed by atoms with Gasteiger partial charge in [0.15, 0.2) is 0 Å². The number of nitrogens with zero attached hydrogens (tertiary/aromatic N) is 3. The molecule has 0 aliphatic carbocycles. The van der Waals surface area contributed by atoms with E-state index in [0.29, 0.717) is 22.2 Å². The molecule has 0 fully saturated rings. The highest BCUT2D eigenvalue weighted by Crippen LogP contribution is 2.20. The Balaban J connectivity index is 1.62. The van der Waals surface area contributed by atoms with E-state index in [0.717, 1.165) is 25.2 Å². The summed E-state index contributed by atoms with van der Waals surface area (Å²) < 4.78 is 15.5. The number of amides is 1. The topological polar surface area (TPSA) is 59.8 Å². The van der Waals surface area contributed by atoms with Crippen LogP contribution in [-0.4, -0.2) is 26.5 Å². The Hall–Kier alpha value is -2.76. The highest BCUT2D eigenvalue weighted by molar-refractivity contribution is 6.06. The first-order chi connectivity index (χ1) is 11.6. The van der Waals surface area contributed by atoms with Gasteiger partial charge in [-0.05, 0) is 31.5 Å². The van der Waals surface area contributed by atoms with Gasteiger partial charge in [-0.15, -0.1) is 0 Å². The number of aromatic nitrogens is 3. The van der Waals surface area contributed by atoms with Crippen molar-refractivity contribution in [1.29, 1.82) is 0 Å². The molecule has 2 aromatic heterocycles. The van der Waals surface area contributed by atoms with E-state index in [1.165, 1.54) is 12.1 Å². The summed E-state index contributed by atoms with van der Waals surface area (Å²) in [5, 5.41) is 3.76. The Labute approximate surface area is 138 Å². The standard InChI is InChI=1S/C18H17FN4O/c1-11-8-15(14-4-2-12(19)9-16(14)21-11)18(24)22-13-3-5-17-20-6-7-23(17)10-13/h2,4,6-9,13H,3,5,10H2,1H3,(H,22,24)/t13-/m0/s1. The average Bonchev–Trinajstić information content (AvgIpc) is 3.01. The van der Waals surface area contributed by atoms with E-state index in [1.807, 2.05) is 6.20 Å². The van der Waals surface area contributed by atoms with Crippen molar-refractivity contribution >= 4 is 16.8 Å². The van der Waals surface area contributed by atoms with E-state index >= 15 is 0 Å². The second-order valence-corrected chi connectivity index (χ2v) is 6.18. The lowest BCUT2D eigenvalue weighted by molar-refractivity contribution is 0.0929. The lowest BCUT2D eigenvalue weighted by Gasteiger charge is -2.25. The predicted molar refractivity (Wildman–Crippen MR) is 88.2 cm³/mol. The van der Waals surface area contributed by atoms with E-state index in [4.69, 9.17) is 0 Å². The van der Waals surface area contributed by atoms with Crippen LogP contribution >= 0.6 is 0 Å². The first-order valence-corrected chi connectivity index (χ1v) is 7.98. The van der Waals surface area contributed by atoms with E-state index in [1.54, 1.807) is 25.3 Å². The zero-order valence-electron chi connectivity index (χ0n) is 13.3. The van der Waals surface area contributed by atoms with Crippen molar-refractivity contribution in [2.75, 3.05) is 0 Å². The minimum absolute atomic E-state index is 0.0585. The molecule has 0 radical (unpaired) electrons. The number of hydrogen-bond acceptors (Lipinski definition) is 3. The molecule has 3 aromatic rings.